The molecule has 3 aliphatic heterocycles. The monoisotopic (exact) mass is 487 g/mol. The molecule has 9 heteroatoms. The molecule has 4 aliphatic rings. The number of methoxy groups -OCH3 is 1. The molecule has 1 N–H and O–H groups in total. The van der Waals surface area contributed by atoms with Gasteiger partial charge in [-0.2, -0.15) is 0 Å². The SMILES string of the molecule is COc1cc(/C=C2\OC3(CC3)CN3C2=NOCC32CNc3cc(F)ccc32)ccc1-n1cnc(C)c1. The number of ether oxygens (including phenoxy) is 2. The first-order chi connectivity index (χ1) is 17.5. The van der Waals surface area contributed by atoms with Crippen molar-refractivity contribution >= 4 is 17.6 Å². The molecule has 36 heavy (non-hydrogen) atoms. The zero-order valence-electron chi connectivity index (χ0n) is 20.1. The first-order valence-corrected chi connectivity index (χ1v) is 12.1. The molecule has 2 fully saturated rings. The van der Waals surface area contributed by atoms with Gasteiger partial charge in [-0.05, 0) is 55.7 Å². The smallest absolute Gasteiger partial charge is 0.211 e. The third-order valence-electron chi connectivity index (χ3n) is 7.57. The highest BCUT2D eigenvalue weighted by atomic mass is 19.1. The van der Waals surface area contributed by atoms with Crippen LogP contribution < -0.4 is 10.1 Å². The Labute approximate surface area is 208 Å². The molecule has 4 heterocycles. The Morgan fingerprint density at radius 1 is 1.19 bits per heavy atom. The Morgan fingerprint density at radius 2 is 2.08 bits per heavy atom. The van der Waals surface area contributed by atoms with Crippen molar-refractivity contribution in [3.05, 3.63) is 77.3 Å². The molecule has 1 unspecified atom stereocenters. The lowest BCUT2D eigenvalue weighted by atomic mass is 9.88. The second-order valence-electron chi connectivity index (χ2n) is 10.00. The highest BCUT2D eigenvalue weighted by Gasteiger charge is 2.59. The number of amidine groups is 1. The average molecular weight is 488 g/mol. The van der Waals surface area contributed by atoms with Crippen LogP contribution >= 0.6 is 0 Å². The van der Waals surface area contributed by atoms with Gasteiger partial charge >= 0.3 is 0 Å². The Balaban J connectivity index is 1.29. The summed E-state index contributed by atoms with van der Waals surface area (Å²) in [4.78, 5) is 12.4. The third kappa shape index (κ3) is 3.18. The van der Waals surface area contributed by atoms with E-state index < -0.39 is 5.54 Å². The predicted molar refractivity (Wildman–Crippen MR) is 133 cm³/mol. The van der Waals surface area contributed by atoms with Crippen molar-refractivity contribution in [1.82, 2.24) is 14.5 Å². The fourth-order valence-corrected chi connectivity index (χ4v) is 5.50. The van der Waals surface area contributed by atoms with Crippen LogP contribution in [0.1, 0.15) is 29.7 Å². The van der Waals surface area contributed by atoms with E-state index in [1.807, 2.05) is 48.0 Å². The minimum atomic E-state index is -0.473. The number of aryl methyl sites for hydroxylation is 1. The lowest BCUT2D eigenvalue weighted by Crippen LogP contribution is -2.61. The van der Waals surface area contributed by atoms with Crippen molar-refractivity contribution < 1.29 is 18.7 Å². The Morgan fingerprint density at radius 3 is 2.86 bits per heavy atom. The number of nitrogens with one attached hydrogen (secondary N) is 1. The van der Waals surface area contributed by atoms with Gasteiger partial charge < -0.3 is 29.1 Å². The normalized spacial score (nSPS) is 24.0. The van der Waals surface area contributed by atoms with E-state index >= 15 is 0 Å². The first kappa shape index (κ1) is 21.3. The molecule has 0 radical (unpaired) electrons. The minimum Gasteiger partial charge on any atom is -0.495 e. The Hall–Kier alpha value is -4.01. The highest BCUT2D eigenvalue weighted by molar-refractivity contribution is 6.02. The molecule has 3 aromatic rings. The van der Waals surface area contributed by atoms with Gasteiger partial charge in [0.15, 0.2) is 5.76 Å². The summed E-state index contributed by atoms with van der Waals surface area (Å²) < 4.78 is 28.1. The summed E-state index contributed by atoms with van der Waals surface area (Å²) in [5.74, 6) is 1.80. The third-order valence-corrected chi connectivity index (χ3v) is 7.57. The van der Waals surface area contributed by atoms with Gasteiger partial charge in [0.1, 0.15) is 29.3 Å². The molecule has 1 saturated carbocycles. The molecule has 1 saturated heterocycles. The van der Waals surface area contributed by atoms with E-state index in [0.717, 1.165) is 46.8 Å². The maximum absolute atomic E-state index is 13.9. The number of aromatic nitrogens is 2. The van der Waals surface area contributed by atoms with Gasteiger partial charge in [0.25, 0.3) is 0 Å². The van der Waals surface area contributed by atoms with Crippen LogP contribution in [0, 0.1) is 12.7 Å². The predicted octanol–water partition coefficient (Wildman–Crippen LogP) is 4.20. The largest absolute Gasteiger partial charge is 0.495 e. The first-order valence-electron chi connectivity index (χ1n) is 12.1. The van der Waals surface area contributed by atoms with E-state index in [1.165, 1.54) is 6.07 Å². The fraction of sp³-hybridized carbons (Fsp3) is 0.333. The number of hydrogen-bond acceptors (Lipinski definition) is 7. The zero-order chi connectivity index (χ0) is 24.5. The van der Waals surface area contributed by atoms with Gasteiger partial charge in [0.05, 0.1) is 31.4 Å². The molecule has 0 bridgehead atoms. The van der Waals surface area contributed by atoms with Crippen molar-refractivity contribution in [3.63, 3.8) is 0 Å². The average Bonchev–Trinajstić information content (AvgIpc) is 3.31. The number of nitrogens with zero attached hydrogens (tertiary/aromatic N) is 4. The number of rotatable bonds is 3. The van der Waals surface area contributed by atoms with Crippen molar-refractivity contribution in [2.24, 2.45) is 5.16 Å². The molecule has 1 atom stereocenters. The standard InChI is InChI=1S/C27H26FN5O3/c1-17-12-32(16-30-17)22-6-3-18(9-23(22)34-2)10-24-25-31-35-15-27(33(25)14-26(36-24)7-8-26)13-29-21-11-19(28)4-5-20(21)27/h3-6,9-12,16,29H,7-8,13-15H2,1-2H3/b24-10-. The summed E-state index contributed by atoms with van der Waals surface area (Å²) in [6.45, 7) is 3.67. The van der Waals surface area contributed by atoms with Gasteiger partial charge in [-0.1, -0.05) is 17.3 Å². The lowest BCUT2D eigenvalue weighted by molar-refractivity contribution is -0.0433. The van der Waals surface area contributed by atoms with Gasteiger partial charge in [-0.3, -0.25) is 0 Å². The second-order valence-corrected chi connectivity index (χ2v) is 10.00. The maximum Gasteiger partial charge on any atom is 0.211 e. The van der Waals surface area contributed by atoms with Crippen LogP contribution in [0.15, 0.2) is 59.8 Å². The summed E-state index contributed by atoms with van der Waals surface area (Å²) in [6.07, 6.45) is 7.69. The molecule has 1 aromatic heterocycles. The number of fused-ring (bicyclic) bond motifs is 4. The van der Waals surface area contributed by atoms with E-state index in [0.29, 0.717) is 31.3 Å². The van der Waals surface area contributed by atoms with E-state index in [1.54, 1.807) is 19.5 Å². The molecule has 1 aliphatic carbocycles. The van der Waals surface area contributed by atoms with E-state index in [4.69, 9.17) is 14.3 Å². The van der Waals surface area contributed by atoms with Crippen LogP contribution in [0.25, 0.3) is 11.8 Å². The lowest BCUT2D eigenvalue weighted by Gasteiger charge is -2.49. The number of imidazole rings is 1. The minimum absolute atomic E-state index is 0.240. The number of halogens is 1. The number of morpholine rings is 1. The summed E-state index contributed by atoms with van der Waals surface area (Å²) in [5.41, 5.74) is 3.88. The van der Waals surface area contributed by atoms with Gasteiger partial charge in [0, 0.05) is 24.0 Å². The molecular weight excluding hydrogens is 461 g/mol. The summed E-state index contributed by atoms with van der Waals surface area (Å²) in [7, 11) is 1.66. The number of oxime groups is 1. The van der Waals surface area contributed by atoms with Crippen molar-refractivity contribution in [2.45, 2.75) is 30.9 Å². The zero-order valence-corrected chi connectivity index (χ0v) is 20.1. The van der Waals surface area contributed by atoms with E-state index in [-0.39, 0.29) is 11.4 Å². The fourth-order valence-electron chi connectivity index (χ4n) is 5.50. The van der Waals surface area contributed by atoms with E-state index in [9.17, 15) is 4.39 Å². The molecular formula is C27H26FN5O3. The molecule has 184 valence electrons. The number of benzene rings is 2. The van der Waals surface area contributed by atoms with Crippen LogP contribution in [-0.2, 0) is 15.1 Å². The topological polar surface area (TPSA) is 73.1 Å². The summed E-state index contributed by atoms with van der Waals surface area (Å²) >= 11 is 0. The second kappa shape index (κ2) is 7.49. The van der Waals surface area contributed by atoms with Gasteiger partial charge in [-0.15, -0.1) is 0 Å². The maximum atomic E-state index is 13.9. The number of anilines is 1. The van der Waals surface area contributed by atoms with Crippen LogP contribution in [0.5, 0.6) is 5.75 Å². The van der Waals surface area contributed by atoms with Crippen LogP contribution in [0.2, 0.25) is 0 Å². The van der Waals surface area contributed by atoms with Gasteiger partial charge in [-0.25, -0.2) is 9.37 Å². The van der Waals surface area contributed by atoms with Crippen molar-refractivity contribution in [1.29, 1.82) is 0 Å². The molecule has 7 rings (SSSR count). The van der Waals surface area contributed by atoms with Crippen LogP contribution in [0.4, 0.5) is 10.1 Å². The van der Waals surface area contributed by atoms with E-state index in [2.05, 4.69) is 20.4 Å². The molecule has 2 aromatic carbocycles. The summed E-state index contributed by atoms with van der Waals surface area (Å²) in [6, 6.07) is 10.9. The molecule has 2 spiro atoms. The summed E-state index contributed by atoms with van der Waals surface area (Å²) in [5, 5.41) is 7.83. The Kier molecular flexibility index (Phi) is 4.43. The molecule has 0 amide bonds. The highest BCUT2D eigenvalue weighted by Crippen LogP contribution is 2.51. The van der Waals surface area contributed by atoms with Crippen LogP contribution in [0.3, 0.4) is 0 Å². The van der Waals surface area contributed by atoms with Gasteiger partial charge in [0.2, 0.25) is 5.84 Å². The van der Waals surface area contributed by atoms with Crippen molar-refractivity contribution in [2.75, 3.05) is 32.1 Å². The molecule has 8 nitrogen and oxygen atoms in total. The Bertz CT molecular complexity index is 1440. The number of hydrogen-bond donors (Lipinski definition) is 1. The van der Waals surface area contributed by atoms with Crippen molar-refractivity contribution in [3.8, 4) is 11.4 Å². The quantitative estimate of drug-likeness (QED) is 0.597. The van der Waals surface area contributed by atoms with Crippen LogP contribution in [-0.4, -0.2) is 52.7 Å².